The number of hydrogen-bond acceptors (Lipinski definition) is 6. The molecular formula is C10H8ClN5OS. The fourth-order valence-electron chi connectivity index (χ4n) is 1.44. The molecule has 0 unspecified atom stereocenters. The van der Waals surface area contributed by atoms with E-state index in [4.69, 9.17) is 16.9 Å². The standard InChI is InChI=1S/C10H8ClN5OS/c1-5-6(2)14-16(10(17)7(5)3-12)4-8-9(11)18-15-13-8/h4H2,1-2H3. The summed E-state index contributed by atoms with van der Waals surface area (Å²) in [5.41, 5.74) is 1.36. The lowest BCUT2D eigenvalue weighted by molar-refractivity contribution is 0.611. The zero-order chi connectivity index (χ0) is 13.3. The molecule has 0 spiro atoms. The van der Waals surface area contributed by atoms with Crippen molar-refractivity contribution < 1.29 is 0 Å². The average Bonchev–Trinajstić information content (AvgIpc) is 2.73. The topological polar surface area (TPSA) is 84.5 Å². The molecule has 0 N–H and O–H groups in total. The fourth-order valence-corrected chi connectivity index (χ4v) is 2.06. The number of rotatable bonds is 2. The van der Waals surface area contributed by atoms with Crippen LogP contribution in [0.5, 0.6) is 0 Å². The Morgan fingerprint density at radius 2 is 2.22 bits per heavy atom. The van der Waals surface area contributed by atoms with E-state index in [0.29, 0.717) is 21.3 Å². The minimum atomic E-state index is -0.440. The van der Waals surface area contributed by atoms with Gasteiger partial charge in [-0.2, -0.15) is 10.4 Å². The van der Waals surface area contributed by atoms with Gasteiger partial charge in [-0.1, -0.05) is 16.1 Å². The molecular weight excluding hydrogens is 274 g/mol. The van der Waals surface area contributed by atoms with Crippen LogP contribution < -0.4 is 5.56 Å². The summed E-state index contributed by atoms with van der Waals surface area (Å²) in [4.78, 5) is 12.0. The largest absolute Gasteiger partial charge is 0.285 e. The lowest BCUT2D eigenvalue weighted by atomic mass is 10.1. The molecule has 0 radical (unpaired) electrons. The van der Waals surface area contributed by atoms with Gasteiger partial charge in [0.2, 0.25) is 0 Å². The third kappa shape index (κ3) is 2.12. The molecule has 6 nitrogen and oxygen atoms in total. The highest BCUT2D eigenvalue weighted by atomic mass is 35.5. The van der Waals surface area contributed by atoms with Crippen molar-refractivity contribution in [2.45, 2.75) is 20.4 Å². The first-order chi connectivity index (χ1) is 8.54. The summed E-state index contributed by atoms with van der Waals surface area (Å²) in [6.07, 6.45) is 0. The molecule has 0 amide bonds. The van der Waals surface area contributed by atoms with Crippen LogP contribution in [0.2, 0.25) is 4.34 Å². The smallest absolute Gasteiger partial charge is 0.266 e. The molecule has 2 rings (SSSR count). The molecule has 18 heavy (non-hydrogen) atoms. The predicted octanol–water partition coefficient (Wildman–Crippen LogP) is 1.29. The first-order valence-corrected chi connectivity index (χ1v) is 6.15. The van der Waals surface area contributed by atoms with E-state index in [0.717, 1.165) is 11.5 Å². The van der Waals surface area contributed by atoms with Gasteiger partial charge < -0.3 is 0 Å². The van der Waals surface area contributed by atoms with Crippen molar-refractivity contribution >= 4 is 23.1 Å². The summed E-state index contributed by atoms with van der Waals surface area (Å²) in [5, 5.41) is 16.9. The Morgan fingerprint density at radius 1 is 1.50 bits per heavy atom. The van der Waals surface area contributed by atoms with E-state index in [1.54, 1.807) is 13.8 Å². The number of aryl methyl sites for hydroxylation is 1. The predicted molar refractivity (Wildman–Crippen MR) is 66.7 cm³/mol. The van der Waals surface area contributed by atoms with Crippen molar-refractivity contribution in [2.24, 2.45) is 0 Å². The van der Waals surface area contributed by atoms with Crippen LogP contribution in [0.25, 0.3) is 0 Å². The second-order valence-corrected chi connectivity index (χ2v) is 5.01. The van der Waals surface area contributed by atoms with Gasteiger partial charge >= 0.3 is 0 Å². The summed E-state index contributed by atoms with van der Waals surface area (Å²) >= 11 is 6.92. The first-order valence-electron chi connectivity index (χ1n) is 4.99. The van der Waals surface area contributed by atoms with E-state index < -0.39 is 5.56 Å². The van der Waals surface area contributed by atoms with E-state index in [2.05, 4.69) is 14.7 Å². The van der Waals surface area contributed by atoms with Gasteiger partial charge in [-0.25, -0.2) is 4.68 Å². The van der Waals surface area contributed by atoms with Crippen molar-refractivity contribution in [3.8, 4) is 6.07 Å². The van der Waals surface area contributed by atoms with Gasteiger partial charge in [-0.3, -0.25) is 4.79 Å². The molecule has 2 heterocycles. The Balaban J connectivity index is 2.54. The normalized spacial score (nSPS) is 10.3. The summed E-state index contributed by atoms with van der Waals surface area (Å²) in [6, 6.07) is 1.90. The molecule has 0 fully saturated rings. The number of aromatic nitrogens is 4. The highest BCUT2D eigenvalue weighted by Gasteiger charge is 2.14. The number of nitriles is 1. The van der Waals surface area contributed by atoms with Gasteiger partial charge in [-0.15, -0.1) is 5.10 Å². The number of nitrogens with zero attached hydrogens (tertiary/aromatic N) is 5. The highest BCUT2D eigenvalue weighted by molar-refractivity contribution is 7.10. The number of hydrogen-bond donors (Lipinski definition) is 0. The summed E-state index contributed by atoms with van der Waals surface area (Å²) in [6.45, 7) is 3.56. The van der Waals surface area contributed by atoms with Crippen molar-refractivity contribution in [3.05, 3.63) is 37.2 Å². The van der Waals surface area contributed by atoms with Gasteiger partial charge in [0.15, 0.2) is 0 Å². The monoisotopic (exact) mass is 281 g/mol. The van der Waals surface area contributed by atoms with Crippen molar-refractivity contribution in [2.75, 3.05) is 0 Å². The maximum atomic E-state index is 12.0. The Kier molecular flexibility index (Phi) is 3.41. The summed E-state index contributed by atoms with van der Waals surface area (Å²) in [5.74, 6) is 0. The van der Waals surface area contributed by atoms with Gasteiger partial charge in [-0.05, 0) is 19.4 Å². The highest BCUT2D eigenvalue weighted by Crippen LogP contribution is 2.17. The molecule has 0 aliphatic rings. The van der Waals surface area contributed by atoms with E-state index in [1.807, 2.05) is 6.07 Å². The minimum Gasteiger partial charge on any atom is -0.266 e. The molecule has 8 heteroatoms. The van der Waals surface area contributed by atoms with Crippen LogP contribution in [-0.2, 0) is 6.54 Å². The van der Waals surface area contributed by atoms with E-state index in [-0.39, 0.29) is 12.1 Å². The lowest BCUT2D eigenvalue weighted by Crippen LogP contribution is -2.28. The van der Waals surface area contributed by atoms with Crippen LogP contribution >= 0.6 is 23.1 Å². The van der Waals surface area contributed by atoms with E-state index in [9.17, 15) is 4.79 Å². The maximum Gasteiger partial charge on any atom is 0.285 e. The molecule has 0 aromatic carbocycles. The van der Waals surface area contributed by atoms with Gasteiger partial charge in [0, 0.05) is 11.5 Å². The van der Waals surface area contributed by atoms with E-state index in [1.165, 1.54) is 4.68 Å². The Morgan fingerprint density at radius 3 is 2.78 bits per heavy atom. The van der Waals surface area contributed by atoms with Crippen molar-refractivity contribution in [1.82, 2.24) is 19.4 Å². The van der Waals surface area contributed by atoms with Crippen molar-refractivity contribution in [3.63, 3.8) is 0 Å². The van der Waals surface area contributed by atoms with Gasteiger partial charge in [0.25, 0.3) is 5.56 Å². The molecule has 2 aromatic heterocycles. The van der Waals surface area contributed by atoms with Crippen LogP contribution in [0.3, 0.4) is 0 Å². The van der Waals surface area contributed by atoms with Crippen molar-refractivity contribution in [1.29, 1.82) is 5.26 Å². The molecule has 2 aromatic rings. The van der Waals surface area contributed by atoms with Crippen LogP contribution in [0.1, 0.15) is 22.5 Å². The molecule has 0 aliphatic carbocycles. The molecule has 0 aliphatic heterocycles. The Hall–Kier alpha value is -1.78. The second-order valence-electron chi connectivity index (χ2n) is 3.65. The zero-order valence-electron chi connectivity index (χ0n) is 9.64. The van der Waals surface area contributed by atoms with Gasteiger partial charge in [0.05, 0.1) is 12.2 Å². The summed E-state index contributed by atoms with van der Waals surface area (Å²) in [7, 11) is 0. The SMILES string of the molecule is Cc1nn(Cc2nnsc2Cl)c(=O)c(C#N)c1C. The fraction of sp³-hybridized carbons (Fsp3) is 0.300. The summed E-state index contributed by atoms with van der Waals surface area (Å²) < 4.78 is 5.28. The third-order valence-corrected chi connectivity index (χ3v) is 3.54. The second kappa shape index (κ2) is 4.84. The zero-order valence-corrected chi connectivity index (χ0v) is 11.2. The first kappa shape index (κ1) is 12.7. The minimum absolute atomic E-state index is 0.0989. The molecule has 0 atom stereocenters. The van der Waals surface area contributed by atoms with Gasteiger partial charge in [0.1, 0.15) is 21.7 Å². The lowest BCUT2D eigenvalue weighted by Gasteiger charge is -2.07. The molecule has 0 saturated heterocycles. The van der Waals surface area contributed by atoms with Crippen LogP contribution in [0.4, 0.5) is 0 Å². The molecule has 0 bridgehead atoms. The third-order valence-electron chi connectivity index (χ3n) is 2.56. The maximum absolute atomic E-state index is 12.0. The molecule has 0 saturated carbocycles. The van der Waals surface area contributed by atoms with Crippen LogP contribution in [0, 0.1) is 25.2 Å². The molecule has 92 valence electrons. The Labute approximate surface area is 112 Å². The van der Waals surface area contributed by atoms with Crippen LogP contribution in [0.15, 0.2) is 4.79 Å². The van der Waals surface area contributed by atoms with E-state index >= 15 is 0 Å². The number of halogens is 1. The van der Waals surface area contributed by atoms with Crippen LogP contribution in [-0.4, -0.2) is 19.4 Å². The Bertz CT molecular complexity index is 699. The quantitative estimate of drug-likeness (QED) is 0.828. The average molecular weight is 282 g/mol.